The Morgan fingerprint density at radius 1 is 1.12 bits per heavy atom. The van der Waals surface area contributed by atoms with Crippen LogP contribution in [0.1, 0.15) is 36.8 Å². The van der Waals surface area contributed by atoms with Crippen molar-refractivity contribution in [3.63, 3.8) is 0 Å². The Labute approximate surface area is 198 Å². The van der Waals surface area contributed by atoms with Crippen molar-refractivity contribution in [3.05, 3.63) is 59.7 Å². The van der Waals surface area contributed by atoms with Crippen molar-refractivity contribution in [2.24, 2.45) is 5.92 Å². The Morgan fingerprint density at radius 2 is 1.76 bits per heavy atom. The number of nitrogens with one attached hydrogen (secondary N) is 1. The summed E-state index contributed by atoms with van der Waals surface area (Å²) in [7, 11) is 0. The summed E-state index contributed by atoms with van der Waals surface area (Å²) in [6.45, 7) is 3.12. The third kappa shape index (κ3) is 5.07. The predicted molar refractivity (Wildman–Crippen MR) is 125 cm³/mol. The zero-order valence-corrected chi connectivity index (χ0v) is 19.2. The van der Waals surface area contributed by atoms with Crippen LogP contribution >= 0.6 is 0 Å². The number of hydrogen-bond acceptors (Lipinski definition) is 5. The molecule has 0 bridgehead atoms. The molecule has 2 aromatic rings. The molecule has 2 aliphatic rings. The summed E-state index contributed by atoms with van der Waals surface area (Å²) in [5, 5.41) is 11.9. The highest BCUT2D eigenvalue weighted by Gasteiger charge is 2.33. The number of carboxylic acid groups (broad SMARTS) is 1. The molecule has 8 nitrogen and oxygen atoms in total. The minimum atomic E-state index is -0.974. The quantitative estimate of drug-likeness (QED) is 0.619. The van der Waals surface area contributed by atoms with E-state index in [1.54, 1.807) is 4.90 Å². The largest absolute Gasteiger partial charge is 0.481 e. The highest BCUT2D eigenvalue weighted by atomic mass is 16.5. The normalized spacial score (nSPS) is 18.0. The number of carboxylic acids is 1. The van der Waals surface area contributed by atoms with Crippen molar-refractivity contribution in [1.82, 2.24) is 10.2 Å². The Bertz CT molecular complexity index is 1010. The van der Waals surface area contributed by atoms with Crippen LogP contribution in [-0.4, -0.2) is 66.9 Å². The maximum absolute atomic E-state index is 13.1. The first-order chi connectivity index (χ1) is 16.5. The second kappa shape index (κ2) is 10.7. The Morgan fingerprint density at radius 3 is 2.38 bits per heavy atom. The van der Waals surface area contributed by atoms with Gasteiger partial charge in [0.15, 0.2) is 0 Å². The number of morpholine rings is 1. The molecule has 2 aromatic carbocycles. The molecule has 180 valence electrons. The first kappa shape index (κ1) is 23.8. The minimum absolute atomic E-state index is 0.0353. The monoisotopic (exact) mass is 466 g/mol. The van der Waals surface area contributed by atoms with Gasteiger partial charge >= 0.3 is 12.1 Å². The number of ether oxygens (including phenoxy) is 2. The van der Waals surface area contributed by atoms with E-state index in [0.29, 0.717) is 19.6 Å². The average molecular weight is 467 g/mol. The van der Waals surface area contributed by atoms with E-state index < -0.39 is 24.0 Å². The van der Waals surface area contributed by atoms with Gasteiger partial charge in [-0.15, -0.1) is 0 Å². The number of fused-ring (bicyclic) bond motifs is 3. The zero-order valence-electron chi connectivity index (χ0n) is 19.2. The molecule has 1 aliphatic heterocycles. The number of benzene rings is 2. The van der Waals surface area contributed by atoms with Gasteiger partial charge in [-0.3, -0.25) is 9.59 Å². The molecule has 0 saturated carbocycles. The smallest absolute Gasteiger partial charge is 0.407 e. The van der Waals surface area contributed by atoms with Crippen LogP contribution in [0.2, 0.25) is 0 Å². The lowest BCUT2D eigenvalue weighted by atomic mass is 9.98. The van der Waals surface area contributed by atoms with Crippen LogP contribution in [0.4, 0.5) is 4.79 Å². The minimum Gasteiger partial charge on any atom is -0.481 e. The number of hydrogen-bond donors (Lipinski definition) is 2. The summed E-state index contributed by atoms with van der Waals surface area (Å²) in [5.41, 5.74) is 4.58. The van der Waals surface area contributed by atoms with Crippen molar-refractivity contribution in [2.45, 2.75) is 31.7 Å². The maximum Gasteiger partial charge on any atom is 0.407 e. The fraction of sp³-hybridized carbons (Fsp3) is 0.423. The van der Waals surface area contributed by atoms with E-state index in [1.807, 2.05) is 31.2 Å². The molecule has 2 atom stereocenters. The van der Waals surface area contributed by atoms with Crippen LogP contribution in [0, 0.1) is 5.92 Å². The summed E-state index contributed by atoms with van der Waals surface area (Å²) >= 11 is 0. The topological polar surface area (TPSA) is 105 Å². The van der Waals surface area contributed by atoms with Gasteiger partial charge in [0.05, 0.1) is 31.6 Å². The molecule has 1 saturated heterocycles. The molecule has 2 amide bonds. The van der Waals surface area contributed by atoms with Gasteiger partial charge in [0.2, 0.25) is 5.91 Å². The fourth-order valence-corrected chi connectivity index (χ4v) is 4.81. The molecule has 1 aliphatic carbocycles. The molecule has 1 heterocycles. The van der Waals surface area contributed by atoms with E-state index in [0.717, 1.165) is 22.3 Å². The van der Waals surface area contributed by atoms with Crippen LogP contribution < -0.4 is 5.32 Å². The van der Waals surface area contributed by atoms with Gasteiger partial charge in [-0.25, -0.2) is 4.79 Å². The molecule has 1 fully saturated rings. The summed E-state index contributed by atoms with van der Waals surface area (Å²) in [6.07, 6.45) is -0.223. The Kier molecular flexibility index (Phi) is 7.47. The third-order valence-corrected chi connectivity index (χ3v) is 6.60. The third-order valence-electron chi connectivity index (χ3n) is 6.60. The van der Waals surface area contributed by atoms with Gasteiger partial charge in [0.1, 0.15) is 6.61 Å². The van der Waals surface area contributed by atoms with Crippen molar-refractivity contribution in [2.75, 3.05) is 32.9 Å². The molecular weight excluding hydrogens is 436 g/mol. The van der Waals surface area contributed by atoms with Crippen molar-refractivity contribution < 1.29 is 29.0 Å². The van der Waals surface area contributed by atoms with Crippen molar-refractivity contribution in [1.29, 1.82) is 0 Å². The van der Waals surface area contributed by atoms with Gasteiger partial charge in [-0.1, -0.05) is 55.5 Å². The first-order valence-electron chi connectivity index (χ1n) is 11.7. The number of carbonyl (C=O) groups excluding carboxylic acids is 2. The van der Waals surface area contributed by atoms with E-state index in [4.69, 9.17) is 14.6 Å². The molecule has 34 heavy (non-hydrogen) atoms. The van der Waals surface area contributed by atoms with Gasteiger partial charge < -0.3 is 24.8 Å². The molecule has 4 rings (SSSR count). The number of carbonyl (C=O) groups is 3. The molecule has 0 spiro atoms. The summed E-state index contributed by atoms with van der Waals surface area (Å²) in [5.74, 6) is -1.64. The predicted octanol–water partition coefficient (Wildman–Crippen LogP) is 3.25. The van der Waals surface area contributed by atoms with Gasteiger partial charge in [-0.05, 0) is 28.7 Å². The Balaban J connectivity index is 1.33. The van der Waals surface area contributed by atoms with Crippen LogP contribution in [0.25, 0.3) is 11.1 Å². The zero-order chi connectivity index (χ0) is 24.1. The van der Waals surface area contributed by atoms with E-state index in [1.165, 1.54) is 0 Å². The van der Waals surface area contributed by atoms with Crippen molar-refractivity contribution in [3.8, 4) is 11.1 Å². The van der Waals surface area contributed by atoms with Gasteiger partial charge in [0.25, 0.3) is 0 Å². The second-order valence-corrected chi connectivity index (χ2v) is 8.67. The summed E-state index contributed by atoms with van der Waals surface area (Å²) < 4.78 is 10.9. The first-order valence-corrected chi connectivity index (χ1v) is 11.7. The molecule has 0 radical (unpaired) electrons. The Hall–Kier alpha value is -3.39. The molecule has 2 unspecified atom stereocenters. The summed E-state index contributed by atoms with van der Waals surface area (Å²) in [4.78, 5) is 38.3. The van der Waals surface area contributed by atoms with Crippen LogP contribution in [-0.2, 0) is 19.1 Å². The molecule has 8 heteroatoms. The number of amides is 2. The van der Waals surface area contributed by atoms with Crippen LogP contribution in [0.15, 0.2) is 48.5 Å². The van der Waals surface area contributed by atoms with Gasteiger partial charge in [0, 0.05) is 19.0 Å². The number of alkyl carbamates (subject to hydrolysis) is 1. The van der Waals surface area contributed by atoms with E-state index >= 15 is 0 Å². The highest BCUT2D eigenvalue weighted by molar-refractivity contribution is 5.81. The number of rotatable bonds is 8. The SMILES string of the molecule is CCC(CNC(=O)OCC1c2ccccc2-c2ccccc21)C(=O)N1CCOCC1CC(=O)O. The van der Waals surface area contributed by atoms with Crippen LogP contribution in [0.3, 0.4) is 0 Å². The summed E-state index contributed by atoms with van der Waals surface area (Å²) in [6, 6.07) is 15.8. The molecule has 0 aromatic heterocycles. The lowest BCUT2D eigenvalue weighted by molar-refractivity contribution is -0.149. The van der Waals surface area contributed by atoms with Gasteiger partial charge in [-0.2, -0.15) is 0 Å². The van der Waals surface area contributed by atoms with E-state index in [9.17, 15) is 14.4 Å². The lowest BCUT2D eigenvalue weighted by Crippen LogP contribution is -2.52. The molecule has 2 N–H and O–H groups in total. The van der Waals surface area contributed by atoms with E-state index in [-0.39, 0.29) is 38.0 Å². The number of nitrogens with zero attached hydrogens (tertiary/aromatic N) is 1. The van der Waals surface area contributed by atoms with Crippen molar-refractivity contribution >= 4 is 18.0 Å². The average Bonchev–Trinajstić information content (AvgIpc) is 3.16. The van der Waals surface area contributed by atoms with Crippen LogP contribution in [0.5, 0.6) is 0 Å². The standard InChI is InChI=1S/C26H30N2O6/c1-2-17(25(31)28-11-12-33-15-18(28)13-24(29)30)14-27-26(32)34-16-23-21-9-5-3-7-19(21)20-8-4-6-10-22(20)23/h3-10,17-18,23H,2,11-16H2,1H3,(H,27,32)(H,29,30). The highest BCUT2D eigenvalue weighted by Crippen LogP contribution is 2.44. The molecular formula is C26H30N2O6. The van der Waals surface area contributed by atoms with E-state index in [2.05, 4.69) is 29.6 Å². The number of aliphatic carboxylic acids is 1. The maximum atomic E-state index is 13.1. The second-order valence-electron chi connectivity index (χ2n) is 8.67. The lowest BCUT2D eigenvalue weighted by Gasteiger charge is -2.37. The fourth-order valence-electron chi connectivity index (χ4n) is 4.81.